The number of nitrogens with one attached hydrogen (secondary N) is 2. The molecule has 28 heavy (non-hydrogen) atoms. The van der Waals surface area contributed by atoms with Crippen molar-refractivity contribution in [2.75, 3.05) is 10.0 Å². The molecule has 6 heteroatoms. The molecule has 0 fully saturated rings. The topological polar surface area (TPSA) is 75.3 Å². The summed E-state index contributed by atoms with van der Waals surface area (Å²) in [7, 11) is -3.74. The summed E-state index contributed by atoms with van der Waals surface area (Å²) in [5.74, 6) is -0.295. The fourth-order valence-electron chi connectivity index (χ4n) is 2.96. The highest BCUT2D eigenvalue weighted by Crippen LogP contribution is 2.20. The van der Waals surface area contributed by atoms with Gasteiger partial charge in [-0.3, -0.25) is 9.52 Å². The summed E-state index contributed by atoms with van der Waals surface area (Å²) in [5.41, 5.74) is 4.57. The molecule has 5 nitrogen and oxygen atoms in total. The molecule has 0 aliphatic heterocycles. The van der Waals surface area contributed by atoms with Crippen molar-refractivity contribution in [1.82, 2.24) is 0 Å². The van der Waals surface area contributed by atoms with E-state index in [1.807, 2.05) is 45.0 Å². The number of hydrogen-bond acceptors (Lipinski definition) is 3. The third-order valence-electron chi connectivity index (χ3n) is 4.18. The smallest absolute Gasteiger partial charge is 0.261 e. The van der Waals surface area contributed by atoms with Crippen molar-refractivity contribution in [3.63, 3.8) is 0 Å². The van der Waals surface area contributed by atoms with Crippen molar-refractivity contribution in [2.45, 2.75) is 25.7 Å². The van der Waals surface area contributed by atoms with Crippen LogP contribution in [0.1, 0.15) is 27.0 Å². The van der Waals surface area contributed by atoms with Crippen LogP contribution in [0.3, 0.4) is 0 Å². The lowest BCUT2D eigenvalue weighted by Gasteiger charge is -2.11. The first-order chi connectivity index (χ1) is 13.2. The Balaban J connectivity index is 1.76. The van der Waals surface area contributed by atoms with Crippen molar-refractivity contribution >= 4 is 27.3 Å². The van der Waals surface area contributed by atoms with Crippen LogP contribution in [-0.4, -0.2) is 14.3 Å². The second-order valence-electron chi connectivity index (χ2n) is 6.83. The molecule has 0 radical (unpaired) electrons. The molecular weight excluding hydrogens is 372 g/mol. The van der Waals surface area contributed by atoms with E-state index >= 15 is 0 Å². The van der Waals surface area contributed by atoms with Gasteiger partial charge in [0.15, 0.2) is 0 Å². The van der Waals surface area contributed by atoms with E-state index in [1.54, 1.807) is 18.2 Å². The Morgan fingerprint density at radius 3 is 1.96 bits per heavy atom. The van der Waals surface area contributed by atoms with Crippen LogP contribution in [0.25, 0.3) is 0 Å². The van der Waals surface area contributed by atoms with Gasteiger partial charge in [-0.15, -0.1) is 0 Å². The Hall–Kier alpha value is -3.12. The molecular formula is C22H22N2O3S. The fourth-order valence-corrected chi connectivity index (χ4v) is 4.00. The normalized spacial score (nSPS) is 11.1. The molecule has 3 rings (SSSR count). The molecule has 0 bridgehead atoms. The van der Waals surface area contributed by atoms with E-state index in [4.69, 9.17) is 0 Å². The second-order valence-corrected chi connectivity index (χ2v) is 8.51. The van der Waals surface area contributed by atoms with Crippen LogP contribution < -0.4 is 10.0 Å². The first kappa shape index (κ1) is 19.6. The number of carbonyl (C=O) groups excluding carboxylic acids is 1. The number of rotatable bonds is 5. The quantitative estimate of drug-likeness (QED) is 0.661. The van der Waals surface area contributed by atoms with Gasteiger partial charge in [-0.25, -0.2) is 8.42 Å². The lowest BCUT2D eigenvalue weighted by atomic mass is 10.1. The zero-order valence-electron chi connectivity index (χ0n) is 16.0. The minimum atomic E-state index is -3.74. The first-order valence-corrected chi connectivity index (χ1v) is 10.3. The summed E-state index contributed by atoms with van der Waals surface area (Å²) in [6.45, 7) is 5.76. The number of sulfonamides is 1. The summed E-state index contributed by atoms with van der Waals surface area (Å²) in [5, 5.41) is 2.81. The maximum absolute atomic E-state index is 12.6. The van der Waals surface area contributed by atoms with Crippen LogP contribution in [0.4, 0.5) is 11.4 Å². The lowest BCUT2D eigenvalue weighted by Crippen LogP contribution is -2.15. The molecule has 144 valence electrons. The van der Waals surface area contributed by atoms with Gasteiger partial charge in [0.05, 0.1) is 4.90 Å². The number of anilines is 2. The van der Waals surface area contributed by atoms with Gasteiger partial charge in [0, 0.05) is 16.9 Å². The molecule has 3 aromatic rings. The van der Waals surface area contributed by atoms with Crippen molar-refractivity contribution in [1.29, 1.82) is 0 Å². The number of carbonyl (C=O) groups is 1. The standard InChI is InChI=1S/C22H22N2O3S/c1-15-5-4-6-19(12-15)23-22(25)18-7-9-21(10-8-18)28(26,27)24-20-13-16(2)11-17(3)14-20/h4-14,24H,1-3H3,(H,23,25). The maximum Gasteiger partial charge on any atom is 0.261 e. The van der Waals surface area contributed by atoms with Crippen molar-refractivity contribution in [2.24, 2.45) is 0 Å². The molecule has 0 aliphatic carbocycles. The van der Waals surface area contributed by atoms with Crippen LogP contribution in [-0.2, 0) is 10.0 Å². The molecule has 0 spiro atoms. The van der Waals surface area contributed by atoms with Gasteiger partial charge in [-0.05, 0) is 86.0 Å². The fraction of sp³-hybridized carbons (Fsp3) is 0.136. The van der Waals surface area contributed by atoms with Gasteiger partial charge in [-0.2, -0.15) is 0 Å². The number of benzene rings is 3. The molecule has 1 amide bonds. The van der Waals surface area contributed by atoms with Crippen LogP contribution in [0.5, 0.6) is 0 Å². The van der Waals surface area contributed by atoms with E-state index in [0.29, 0.717) is 16.9 Å². The van der Waals surface area contributed by atoms with E-state index in [1.165, 1.54) is 24.3 Å². The molecule has 0 atom stereocenters. The average molecular weight is 394 g/mol. The molecule has 0 unspecified atom stereocenters. The van der Waals surface area contributed by atoms with Crippen LogP contribution in [0.15, 0.2) is 71.6 Å². The minimum Gasteiger partial charge on any atom is -0.322 e. The summed E-state index contributed by atoms with van der Waals surface area (Å²) in [6.07, 6.45) is 0. The van der Waals surface area contributed by atoms with Crippen molar-refractivity contribution in [3.05, 3.63) is 89.0 Å². The van der Waals surface area contributed by atoms with E-state index in [2.05, 4.69) is 10.0 Å². The minimum absolute atomic E-state index is 0.0961. The molecule has 0 aliphatic rings. The Bertz CT molecular complexity index is 1100. The SMILES string of the molecule is Cc1cccc(NC(=O)c2ccc(S(=O)(=O)Nc3cc(C)cc(C)c3)cc2)c1. The van der Waals surface area contributed by atoms with E-state index in [-0.39, 0.29) is 10.8 Å². The predicted octanol–water partition coefficient (Wildman–Crippen LogP) is 4.66. The molecule has 0 heterocycles. The van der Waals surface area contributed by atoms with E-state index in [0.717, 1.165) is 16.7 Å². The number of amides is 1. The third-order valence-corrected chi connectivity index (χ3v) is 5.57. The average Bonchev–Trinajstić information content (AvgIpc) is 2.60. The lowest BCUT2D eigenvalue weighted by molar-refractivity contribution is 0.102. The monoisotopic (exact) mass is 394 g/mol. The second kappa shape index (κ2) is 7.86. The highest BCUT2D eigenvalue weighted by atomic mass is 32.2. The Kier molecular flexibility index (Phi) is 5.51. The van der Waals surface area contributed by atoms with Gasteiger partial charge in [0.1, 0.15) is 0 Å². The van der Waals surface area contributed by atoms with E-state index < -0.39 is 10.0 Å². The van der Waals surface area contributed by atoms with Gasteiger partial charge in [0.2, 0.25) is 0 Å². The van der Waals surface area contributed by atoms with Crippen molar-refractivity contribution in [3.8, 4) is 0 Å². The zero-order valence-corrected chi connectivity index (χ0v) is 16.8. The molecule has 0 saturated carbocycles. The predicted molar refractivity (Wildman–Crippen MR) is 112 cm³/mol. The summed E-state index contributed by atoms with van der Waals surface area (Å²) in [4.78, 5) is 12.5. The van der Waals surface area contributed by atoms with Crippen LogP contribution in [0.2, 0.25) is 0 Å². The number of aryl methyl sites for hydroxylation is 3. The van der Waals surface area contributed by atoms with Crippen LogP contribution >= 0.6 is 0 Å². The Morgan fingerprint density at radius 1 is 0.750 bits per heavy atom. The molecule has 0 aromatic heterocycles. The maximum atomic E-state index is 12.6. The zero-order chi connectivity index (χ0) is 20.3. The molecule has 3 aromatic carbocycles. The van der Waals surface area contributed by atoms with Gasteiger partial charge < -0.3 is 5.32 Å². The number of hydrogen-bond donors (Lipinski definition) is 2. The summed E-state index contributed by atoms with van der Waals surface area (Å²) >= 11 is 0. The highest BCUT2D eigenvalue weighted by molar-refractivity contribution is 7.92. The van der Waals surface area contributed by atoms with Crippen LogP contribution in [0, 0.1) is 20.8 Å². The highest BCUT2D eigenvalue weighted by Gasteiger charge is 2.16. The third kappa shape index (κ3) is 4.78. The first-order valence-electron chi connectivity index (χ1n) is 8.82. The van der Waals surface area contributed by atoms with Crippen molar-refractivity contribution < 1.29 is 13.2 Å². The molecule has 0 saturated heterocycles. The molecule has 2 N–H and O–H groups in total. The van der Waals surface area contributed by atoms with E-state index in [9.17, 15) is 13.2 Å². The van der Waals surface area contributed by atoms with Gasteiger partial charge in [0.25, 0.3) is 15.9 Å². The Morgan fingerprint density at radius 2 is 1.36 bits per heavy atom. The summed E-state index contributed by atoms with van der Waals surface area (Å²) in [6, 6.07) is 18.8. The van der Waals surface area contributed by atoms with Gasteiger partial charge in [-0.1, -0.05) is 18.2 Å². The Labute approximate surface area is 165 Å². The van der Waals surface area contributed by atoms with Gasteiger partial charge >= 0.3 is 0 Å². The largest absolute Gasteiger partial charge is 0.322 e. The summed E-state index contributed by atoms with van der Waals surface area (Å²) < 4.78 is 27.8.